The van der Waals surface area contributed by atoms with Crippen molar-refractivity contribution in [2.75, 3.05) is 32.8 Å². The predicted octanol–water partition coefficient (Wildman–Crippen LogP) is 3.29. The van der Waals surface area contributed by atoms with E-state index in [9.17, 15) is 22.8 Å². The zero-order chi connectivity index (χ0) is 25.7. The fourth-order valence-corrected chi connectivity index (χ4v) is 5.17. The molecule has 4 heterocycles. The van der Waals surface area contributed by atoms with Gasteiger partial charge in [-0.1, -0.05) is 12.1 Å². The number of halogens is 3. The Labute approximate surface area is 208 Å². The first-order valence-electron chi connectivity index (χ1n) is 11.7. The molecule has 2 amide bonds. The molecule has 2 unspecified atom stereocenters. The number of pyridine rings is 1. The van der Waals surface area contributed by atoms with E-state index < -0.39 is 12.8 Å². The molecule has 1 N–H and O–H groups in total. The number of hydrogen-bond donors (Lipinski definition) is 1. The van der Waals surface area contributed by atoms with Crippen LogP contribution >= 0.6 is 0 Å². The molecule has 2 aliphatic rings. The van der Waals surface area contributed by atoms with Crippen LogP contribution in [0.4, 0.5) is 13.2 Å². The lowest BCUT2D eigenvalue weighted by Crippen LogP contribution is -2.36. The summed E-state index contributed by atoms with van der Waals surface area (Å²) < 4.78 is 43.4. The molecule has 0 saturated carbocycles. The Morgan fingerprint density at radius 1 is 0.892 bits per heavy atom. The van der Waals surface area contributed by atoms with E-state index in [0.717, 1.165) is 0 Å². The summed E-state index contributed by atoms with van der Waals surface area (Å²) in [6.45, 7) is 0.423. The largest absolute Gasteiger partial charge is 0.483 e. The summed E-state index contributed by atoms with van der Waals surface area (Å²) in [5.41, 5.74) is 2.23. The fourth-order valence-electron chi connectivity index (χ4n) is 5.17. The summed E-state index contributed by atoms with van der Waals surface area (Å²) in [5, 5.41) is 11.0. The minimum absolute atomic E-state index is 0.0321. The van der Waals surface area contributed by atoms with E-state index in [1.165, 1.54) is 6.07 Å². The molecule has 2 saturated heterocycles. The number of nitrogens with one attached hydrogen (secondary N) is 1. The van der Waals surface area contributed by atoms with Gasteiger partial charge in [-0.15, -0.1) is 0 Å². The number of alkyl halides is 3. The van der Waals surface area contributed by atoms with E-state index in [4.69, 9.17) is 4.74 Å². The van der Waals surface area contributed by atoms with Crippen LogP contribution in [0.3, 0.4) is 0 Å². The maximum Gasteiger partial charge on any atom is 0.422 e. The van der Waals surface area contributed by atoms with Gasteiger partial charge in [-0.3, -0.25) is 9.59 Å². The van der Waals surface area contributed by atoms with E-state index in [-0.39, 0.29) is 35.1 Å². The minimum Gasteiger partial charge on any atom is -0.483 e. The number of rotatable bonds is 4. The van der Waals surface area contributed by atoms with Crippen molar-refractivity contribution >= 4 is 33.8 Å². The Balaban J connectivity index is 1.16. The number of likely N-dealkylation sites (tertiary alicyclic amines) is 2. The fraction of sp³-hybridized carbons (Fsp3) is 0.320. The second-order valence-electron chi connectivity index (χ2n) is 9.39. The highest BCUT2D eigenvalue weighted by atomic mass is 19.4. The third-order valence-electron chi connectivity index (χ3n) is 6.91. The van der Waals surface area contributed by atoms with Crippen molar-refractivity contribution in [3.8, 4) is 5.75 Å². The number of benzene rings is 2. The van der Waals surface area contributed by atoms with Crippen molar-refractivity contribution in [1.29, 1.82) is 0 Å². The molecule has 2 aliphatic heterocycles. The van der Waals surface area contributed by atoms with Crippen molar-refractivity contribution < 1.29 is 27.5 Å². The summed E-state index contributed by atoms with van der Waals surface area (Å²) in [6, 6.07) is 13.1. The monoisotopic (exact) mass is 510 g/mol. The van der Waals surface area contributed by atoms with E-state index in [1.807, 2.05) is 0 Å². The van der Waals surface area contributed by atoms with E-state index >= 15 is 0 Å². The van der Waals surface area contributed by atoms with Crippen LogP contribution in [0.2, 0.25) is 0 Å². The number of aromatic nitrogens is 4. The summed E-state index contributed by atoms with van der Waals surface area (Å²) in [4.78, 5) is 34.2. The minimum atomic E-state index is -4.51. The molecule has 9 nitrogen and oxygen atoms in total. The van der Waals surface area contributed by atoms with Gasteiger partial charge < -0.3 is 14.5 Å². The van der Waals surface area contributed by atoms with E-state index in [2.05, 4.69) is 20.4 Å². The summed E-state index contributed by atoms with van der Waals surface area (Å²) in [7, 11) is 0. The highest BCUT2D eigenvalue weighted by molar-refractivity contribution is 5.98. The van der Waals surface area contributed by atoms with Crippen LogP contribution in [-0.4, -0.2) is 81.0 Å². The topological polar surface area (TPSA) is 104 Å². The SMILES string of the molecule is O=C(c1ccc2n[nH]nc2c1)N1CC2CN(C(=O)c3cc(OCC(F)(F)F)c4ccccc4n3)CC2C1. The standard InChI is InChI=1S/C25H21F3N6O3/c26-25(27,28)13-37-22-8-21(29-18-4-2-1-3-17(18)22)24(36)34-11-15-9-33(10-16(15)12-34)23(35)14-5-6-19-20(7-14)31-32-30-19/h1-8,15-16H,9-13H2,(H,30,31,32). The molecule has 2 fully saturated rings. The molecule has 37 heavy (non-hydrogen) atoms. The van der Waals surface area contributed by atoms with Crippen molar-refractivity contribution in [3.63, 3.8) is 0 Å². The van der Waals surface area contributed by atoms with Crippen LogP contribution in [0.5, 0.6) is 5.75 Å². The van der Waals surface area contributed by atoms with Gasteiger partial charge >= 0.3 is 6.18 Å². The number of nitrogens with zero attached hydrogens (tertiary/aromatic N) is 5. The predicted molar refractivity (Wildman–Crippen MR) is 126 cm³/mol. The lowest BCUT2D eigenvalue weighted by Gasteiger charge is -2.22. The molecule has 2 aromatic heterocycles. The first-order chi connectivity index (χ1) is 17.7. The molecule has 0 bridgehead atoms. The van der Waals surface area contributed by atoms with Crippen LogP contribution in [0.25, 0.3) is 21.9 Å². The highest BCUT2D eigenvalue weighted by Crippen LogP contribution is 2.34. The Morgan fingerprint density at radius 2 is 1.57 bits per heavy atom. The van der Waals surface area contributed by atoms with Crippen molar-refractivity contribution in [2.45, 2.75) is 6.18 Å². The van der Waals surface area contributed by atoms with Gasteiger partial charge in [0.25, 0.3) is 11.8 Å². The van der Waals surface area contributed by atoms with Crippen LogP contribution in [0, 0.1) is 11.8 Å². The normalized spacial score (nSPS) is 19.5. The number of amides is 2. The molecule has 12 heteroatoms. The highest BCUT2D eigenvalue weighted by Gasteiger charge is 2.43. The molecule has 2 aromatic carbocycles. The van der Waals surface area contributed by atoms with E-state index in [1.54, 1.807) is 52.3 Å². The van der Waals surface area contributed by atoms with Crippen LogP contribution in [0.1, 0.15) is 20.8 Å². The molecule has 6 rings (SSSR count). The first kappa shape index (κ1) is 23.2. The Morgan fingerprint density at radius 3 is 2.30 bits per heavy atom. The summed E-state index contributed by atoms with van der Waals surface area (Å²) >= 11 is 0. The van der Waals surface area contributed by atoms with Gasteiger partial charge in [0.2, 0.25) is 0 Å². The number of hydrogen-bond acceptors (Lipinski definition) is 6. The smallest absolute Gasteiger partial charge is 0.422 e. The average molecular weight is 510 g/mol. The van der Waals surface area contributed by atoms with Crippen LogP contribution < -0.4 is 4.74 Å². The Hall–Kier alpha value is -4.22. The molecular formula is C25H21F3N6O3. The number of H-pyrrole nitrogens is 1. The second-order valence-corrected chi connectivity index (χ2v) is 9.39. The summed E-state index contributed by atoms with van der Waals surface area (Å²) in [5.74, 6) is -0.298. The van der Waals surface area contributed by atoms with Crippen LogP contribution in [0.15, 0.2) is 48.5 Å². The quantitative estimate of drug-likeness (QED) is 0.452. The van der Waals surface area contributed by atoms with Crippen molar-refractivity contribution in [3.05, 3.63) is 59.8 Å². The number of fused-ring (bicyclic) bond motifs is 3. The zero-order valence-corrected chi connectivity index (χ0v) is 19.4. The molecule has 0 spiro atoms. The van der Waals surface area contributed by atoms with Gasteiger partial charge in [0.15, 0.2) is 6.61 Å². The van der Waals surface area contributed by atoms with Gasteiger partial charge in [-0.05, 0) is 30.3 Å². The summed E-state index contributed by atoms with van der Waals surface area (Å²) in [6.07, 6.45) is -4.51. The lowest BCUT2D eigenvalue weighted by molar-refractivity contribution is -0.153. The molecular weight excluding hydrogens is 489 g/mol. The van der Waals surface area contributed by atoms with Crippen LogP contribution in [-0.2, 0) is 0 Å². The first-order valence-corrected chi connectivity index (χ1v) is 11.7. The number of carbonyl (C=O) groups is 2. The number of carbonyl (C=O) groups excluding carboxylic acids is 2. The van der Waals surface area contributed by atoms with E-state index in [0.29, 0.717) is 53.7 Å². The van der Waals surface area contributed by atoms with Gasteiger partial charge in [0.1, 0.15) is 22.5 Å². The molecule has 4 aromatic rings. The number of para-hydroxylation sites is 1. The third-order valence-corrected chi connectivity index (χ3v) is 6.91. The van der Waals surface area contributed by atoms with Crippen molar-refractivity contribution in [2.24, 2.45) is 11.8 Å². The number of aromatic amines is 1. The number of ether oxygens (including phenoxy) is 1. The Bertz CT molecular complexity index is 1510. The Kier molecular flexibility index (Phi) is 5.46. The average Bonchev–Trinajstić information content (AvgIpc) is 3.60. The van der Waals surface area contributed by atoms with Gasteiger partial charge in [-0.2, -0.15) is 28.6 Å². The third kappa shape index (κ3) is 4.43. The maximum absolute atomic E-state index is 13.3. The molecule has 2 atom stereocenters. The second kappa shape index (κ2) is 8.71. The van der Waals surface area contributed by atoms with Gasteiger partial charge in [-0.25, -0.2) is 4.98 Å². The molecule has 190 valence electrons. The zero-order valence-electron chi connectivity index (χ0n) is 19.4. The molecule has 0 radical (unpaired) electrons. The van der Waals surface area contributed by atoms with Crippen molar-refractivity contribution in [1.82, 2.24) is 30.2 Å². The lowest BCUT2D eigenvalue weighted by atomic mass is 10.0. The maximum atomic E-state index is 13.3. The molecule has 0 aliphatic carbocycles. The van der Waals surface area contributed by atoms with Gasteiger partial charge in [0.05, 0.1) is 5.52 Å². The van der Waals surface area contributed by atoms with Gasteiger partial charge in [0, 0.05) is 55.0 Å².